The summed E-state index contributed by atoms with van der Waals surface area (Å²) in [5.74, 6) is -1.13. The zero-order valence-corrected chi connectivity index (χ0v) is 13.8. The first-order valence-corrected chi connectivity index (χ1v) is 7.22. The van der Waals surface area contributed by atoms with E-state index in [1.54, 1.807) is 0 Å². The number of thioether (sulfide) groups is 1. The van der Waals surface area contributed by atoms with Gasteiger partial charge in [-0.15, -0.1) is 36.6 Å². The van der Waals surface area contributed by atoms with E-state index >= 15 is 0 Å². The molecular weight excluding hydrogens is 349 g/mol. The number of carbonyl (C=O) groups excluding carboxylic acids is 2. The number of amides is 1. The van der Waals surface area contributed by atoms with Crippen LogP contribution >= 0.6 is 36.6 Å². The van der Waals surface area contributed by atoms with Crippen LogP contribution in [0.5, 0.6) is 0 Å². The van der Waals surface area contributed by atoms with Gasteiger partial charge < -0.3 is 15.6 Å². The highest BCUT2D eigenvalue weighted by atomic mass is 35.5. The number of carboxylic acids is 1. The third-order valence-electron chi connectivity index (χ3n) is 3.43. The van der Waals surface area contributed by atoms with Gasteiger partial charge in [0.2, 0.25) is 5.91 Å². The van der Waals surface area contributed by atoms with Crippen LogP contribution in [0, 0.1) is 0 Å². The maximum atomic E-state index is 11.8. The Balaban J connectivity index is 0.00000121. The van der Waals surface area contributed by atoms with E-state index < -0.39 is 12.0 Å². The lowest BCUT2D eigenvalue weighted by atomic mass is 10.0. The molecule has 2 aliphatic rings. The number of hydrogen-bond acceptors (Lipinski definition) is 5. The average molecular weight is 364 g/mol. The third kappa shape index (κ3) is 3.08. The van der Waals surface area contributed by atoms with Crippen LogP contribution < -0.4 is 15.4 Å². The first-order valence-electron chi connectivity index (χ1n) is 6.17. The number of carboxylic acid groups (broad SMARTS) is 1. The van der Waals surface area contributed by atoms with E-state index in [1.165, 1.54) is 16.7 Å². The maximum absolute atomic E-state index is 11.8. The minimum absolute atomic E-state index is 0. The highest BCUT2D eigenvalue weighted by Gasteiger charge is 2.50. The Labute approximate surface area is 144 Å². The molecule has 0 spiro atoms. The number of halogens is 2. The lowest BCUT2D eigenvalue weighted by Gasteiger charge is -2.49. The molecule has 3 heterocycles. The molecule has 6 nitrogen and oxygen atoms in total. The van der Waals surface area contributed by atoms with Crippen molar-refractivity contribution in [3.05, 3.63) is 41.9 Å². The predicted octanol–water partition coefficient (Wildman–Crippen LogP) is -0.936. The number of nitrogens with zero attached hydrogens (tertiary/aromatic N) is 2. The van der Waals surface area contributed by atoms with Gasteiger partial charge in [-0.2, -0.15) is 0 Å². The van der Waals surface area contributed by atoms with Crippen molar-refractivity contribution in [1.29, 1.82) is 0 Å². The summed E-state index contributed by atoms with van der Waals surface area (Å²) < 4.78 is 1.86. The lowest BCUT2D eigenvalue weighted by Crippen LogP contribution is -2.69. The van der Waals surface area contributed by atoms with Crippen LogP contribution in [0.1, 0.15) is 0 Å². The first-order chi connectivity index (χ1) is 9.59. The molecule has 1 aromatic heterocycles. The van der Waals surface area contributed by atoms with Crippen molar-refractivity contribution in [3.63, 3.8) is 0 Å². The molecule has 22 heavy (non-hydrogen) atoms. The highest BCUT2D eigenvalue weighted by molar-refractivity contribution is 8.00. The SMILES string of the molecule is Cl.Cl.NC1C(=O)N2C(C(=O)[O-])=C(C[n+]3ccccc3)CS[C@H]12. The smallest absolute Gasteiger partial charge is 0.248 e. The van der Waals surface area contributed by atoms with Crippen LogP contribution in [0.2, 0.25) is 0 Å². The Morgan fingerprint density at radius 3 is 2.59 bits per heavy atom. The summed E-state index contributed by atoms with van der Waals surface area (Å²) in [6.07, 6.45) is 3.70. The van der Waals surface area contributed by atoms with Crippen molar-refractivity contribution in [2.45, 2.75) is 18.0 Å². The molecule has 9 heteroatoms. The second-order valence-corrected chi connectivity index (χ2v) is 5.83. The number of β-lactam (4-membered cyclic amide) rings is 1. The number of aliphatic carboxylic acids is 1. The first kappa shape index (κ1) is 18.8. The van der Waals surface area contributed by atoms with Crippen LogP contribution in [0.3, 0.4) is 0 Å². The normalized spacial score (nSPS) is 23.0. The fraction of sp³-hybridized carbons (Fsp3) is 0.308. The number of nitrogens with two attached hydrogens (primary N) is 1. The molecule has 0 saturated carbocycles. The van der Waals surface area contributed by atoms with Crippen molar-refractivity contribution in [2.75, 3.05) is 5.75 Å². The van der Waals surface area contributed by atoms with Crippen molar-refractivity contribution >= 4 is 48.5 Å². The third-order valence-corrected chi connectivity index (χ3v) is 4.79. The minimum atomic E-state index is -1.32. The van der Waals surface area contributed by atoms with Crippen LogP contribution in [0.4, 0.5) is 0 Å². The molecule has 3 rings (SSSR count). The molecule has 2 N–H and O–H groups in total. The number of fused-ring (bicyclic) bond motifs is 1. The number of pyridine rings is 1. The summed E-state index contributed by atoms with van der Waals surface area (Å²) in [6.45, 7) is 0.420. The standard InChI is InChI=1S/C13H13N3O3S.2ClH/c14-9-11(17)16-10(13(18)19)8(7-20-12(9)16)6-15-4-2-1-3-5-15;;/h1-5,9,12H,6-7,14H2;2*1H/t9?,12-;;/m1../s1. The molecular formula is C13H15Cl2N3O3S. The molecule has 0 radical (unpaired) electrons. The number of aromatic nitrogens is 1. The molecule has 0 bridgehead atoms. The summed E-state index contributed by atoms with van der Waals surface area (Å²) in [4.78, 5) is 24.4. The van der Waals surface area contributed by atoms with E-state index in [0.717, 1.165) is 0 Å². The number of carbonyl (C=O) groups is 2. The van der Waals surface area contributed by atoms with E-state index in [1.807, 2.05) is 35.2 Å². The maximum Gasteiger partial charge on any atom is 0.248 e. The zero-order chi connectivity index (χ0) is 14.3. The summed E-state index contributed by atoms with van der Waals surface area (Å²) in [5.41, 5.74) is 6.34. The van der Waals surface area contributed by atoms with E-state index in [-0.39, 0.29) is 41.8 Å². The molecule has 2 atom stereocenters. The predicted molar refractivity (Wildman–Crippen MR) is 84.2 cm³/mol. The van der Waals surface area contributed by atoms with E-state index in [4.69, 9.17) is 5.73 Å². The van der Waals surface area contributed by atoms with Crippen molar-refractivity contribution < 1.29 is 19.3 Å². The van der Waals surface area contributed by atoms with Gasteiger partial charge in [0.1, 0.15) is 11.4 Å². The Hall–Kier alpha value is -1.28. The van der Waals surface area contributed by atoms with Crippen molar-refractivity contribution in [2.24, 2.45) is 5.73 Å². The highest BCUT2D eigenvalue weighted by Crippen LogP contribution is 2.39. The molecule has 1 aromatic rings. The van der Waals surface area contributed by atoms with Gasteiger partial charge in [-0.25, -0.2) is 4.57 Å². The van der Waals surface area contributed by atoms with Gasteiger partial charge in [-0.3, -0.25) is 9.69 Å². The largest absolute Gasteiger partial charge is 0.543 e. The monoisotopic (exact) mass is 363 g/mol. The van der Waals surface area contributed by atoms with Gasteiger partial charge in [0.05, 0.1) is 11.7 Å². The fourth-order valence-electron chi connectivity index (χ4n) is 2.45. The molecule has 1 unspecified atom stereocenters. The molecule has 1 fully saturated rings. The van der Waals surface area contributed by atoms with Crippen molar-refractivity contribution in [3.8, 4) is 0 Å². The van der Waals surface area contributed by atoms with E-state index in [2.05, 4.69) is 0 Å². The molecule has 0 aromatic carbocycles. The summed E-state index contributed by atoms with van der Waals surface area (Å²) >= 11 is 1.49. The van der Waals surface area contributed by atoms with Crippen LogP contribution in [-0.2, 0) is 16.1 Å². The lowest BCUT2D eigenvalue weighted by molar-refractivity contribution is -0.689. The molecule has 1 saturated heterocycles. The number of hydrogen-bond donors (Lipinski definition) is 1. The molecule has 0 aliphatic carbocycles. The number of rotatable bonds is 3. The Kier molecular flexibility index (Phi) is 6.25. The average Bonchev–Trinajstić information content (AvgIpc) is 2.46. The summed E-state index contributed by atoms with van der Waals surface area (Å²) in [5, 5.41) is 11.1. The molecule has 2 aliphatic heterocycles. The topological polar surface area (TPSA) is 90.3 Å². The molecule has 1 amide bonds. The summed E-state index contributed by atoms with van der Waals surface area (Å²) in [6, 6.07) is 5.00. The van der Waals surface area contributed by atoms with Gasteiger partial charge in [0, 0.05) is 23.5 Å². The van der Waals surface area contributed by atoms with Gasteiger partial charge in [-0.1, -0.05) is 6.07 Å². The second kappa shape index (κ2) is 7.32. The van der Waals surface area contributed by atoms with Crippen molar-refractivity contribution in [1.82, 2.24) is 4.90 Å². The quantitative estimate of drug-likeness (QED) is 0.553. The fourth-order valence-corrected chi connectivity index (χ4v) is 3.73. The van der Waals surface area contributed by atoms with E-state index in [9.17, 15) is 14.7 Å². The Morgan fingerprint density at radius 1 is 1.36 bits per heavy atom. The van der Waals surface area contributed by atoms with Gasteiger partial charge >= 0.3 is 0 Å². The molecule has 120 valence electrons. The van der Waals surface area contributed by atoms with Crippen LogP contribution in [-0.4, -0.2) is 33.9 Å². The Morgan fingerprint density at radius 2 is 2.00 bits per heavy atom. The zero-order valence-electron chi connectivity index (χ0n) is 11.4. The van der Waals surface area contributed by atoms with Gasteiger partial charge in [0.25, 0.3) is 0 Å². The Bertz CT molecular complexity index is 612. The van der Waals surface area contributed by atoms with Gasteiger partial charge in [-0.05, 0) is 0 Å². The van der Waals surface area contributed by atoms with Crippen LogP contribution in [0.25, 0.3) is 0 Å². The minimum Gasteiger partial charge on any atom is -0.543 e. The van der Waals surface area contributed by atoms with Crippen LogP contribution in [0.15, 0.2) is 41.9 Å². The van der Waals surface area contributed by atoms with Gasteiger partial charge in [0.15, 0.2) is 18.9 Å². The summed E-state index contributed by atoms with van der Waals surface area (Å²) in [7, 11) is 0. The second-order valence-electron chi connectivity index (χ2n) is 4.72. The van der Waals surface area contributed by atoms with E-state index in [0.29, 0.717) is 17.9 Å².